The molecule has 0 radical (unpaired) electrons. The predicted molar refractivity (Wildman–Crippen MR) is 63.6 cm³/mol. The van der Waals surface area contributed by atoms with Gasteiger partial charge in [0.15, 0.2) is 0 Å². The van der Waals surface area contributed by atoms with Gasteiger partial charge in [-0.1, -0.05) is 0 Å². The van der Waals surface area contributed by atoms with Crippen molar-refractivity contribution in [3.05, 3.63) is 17.0 Å². The normalized spacial score (nSPS) is 15.1. The fourth-order valence-corrected chi connectivity index (χ4v) is 2.50. The predicted octanol–water partition coefficient (Wildman–Crippen LogP) is 2.41. The van der Waals surface area contributed by atoms with Gasteiger partial charge in [0.1, 0.15) is 0 Å². The van der Waals surface area contributed by atoms with Gasteiger partial charge in [0.2, 0.25) is 0 Å². The van der Waals surface area contributed by atoms with Crippen LogP contribution in [0.2, 0.25) is 0 Å². The van der Waals surface area contributed by atoms with Crippen molar-refractivity contribution in [1.82, 2.24) is 4.90 Å². The molecule has 0 atom stereocenters. The lowest BCUT2D eigenvalue weighted by molar-refractivity contribution is 0.0757. The molecule has 0 saturated heterocycles. The van der Waals surface area contributed by atoms with Gasteiger partial charge in [0, 0.05) is 19.6 Å². The van der Waals surface area contributed by atoms with E-state index in [9.17, 15) is 4.79 Å². The largest absolute Gasteiger partial charge is 0.380 e. The molecule has 1 heterocycles. The third-order valence-corrected chi connectivity index (χ3v) is 3.74. The maximum absolute atomic E-state index is 12.1. The number of carbonyl (C=O) groups excluding carboxylic acids is 1. The first-order valence-corrected chi connectivity index (χ1v) is 6.16. The number of rotatable bonds is 4. The Hall–Kier alpha value is -1.03. The van der Waals surface area contributed by atoms with Gasteiger partial charge in [0.25, 0.3) is 5.91 Å². The molecule has 1 saturated carbocycles. The van der Waals surface area contributed by atoms with Crippen LogP contribution in [0.1, 0.15) is 29.4 Å². The lowest BCUT2D eigenvalue weighted by Crippen LogP contribution is -2.32. The lowest BCUT2D eigenvalue weighted by atomic mass is 10.3. The highest BCUT2D eigenvalue weighted by molar-refractivity contribution is 7.17. The molecule has 2 rings (SSSR count). The second kappa shape index (κ2) is 4.23. The molecule has 82 valence electrons. The molecule has 1 N–H and O–H groups in total. The number of nitrogens with one attached hydrogen (secondary N) is 1. The van der Waals surface area contributed by atoms with Crippen LogP contribution in [0.4, 0.5) is 5.00 Å². The summed E-state index contributed by atoms with van der Waals surface area (Å²) < 4.78 is 0. The number of thiophene rings is 1. The Morgan fingerprint density at radius 2 is 2.33 bits per heavy atom. The first kappa shape index (κ1) is 10.5. The number of carbonyl (C=O) groups is 1. The van der Waals surface area contributed by atoms with E-state index in [-0.39, 0.29) is 5.91 Å². The van der Waals surface area contributed by atoms with Crippen molar-refractivity contribution in [2.24, 2.45) is 0 Å². The second-order valence-corrected chi connectivity index (χ2v) is 4.82. The summed E-state index contributed by atoms with van der Waals surface area (Å²) in [5, 5.41) is 4.10. The molecule has 1 fully saturated rings. The molecule has 0 aromatic carbocycles. The molecule has 1 aliphatic carbocycles. The SMILES string of the molecule is CCN(C(=O)c1ccc(NC)s1)C1CC1. The van der Waals surface area contributed by atoms with E-state index in [0.717, 1.165) is 16.4 Å². The zero-order chi connectivity index (χ0) is 10.8. The van der Waals surface area contributed by atoms with Gasteiger partial charge in [0.05, 0.1) is 9.88 Å². The zero-order valence-corrected chi connectivity index (χ0v) is 9.93. The quantitative estimate of drug-likeness (QED) is 0.852. The van der Waals surface area contributed by atoms with E-state index in [1.165, 1.54) is 24.2 Å². The fourth-order valence-electron chi connectivity index (χ4n) is 1.68. The molecule has 1 amide bonds. The average Bonchev–Trinajstić information content (AvgIpc) is 2.97. The summed E-state index contributed by atoms with van der Waals surface area (Å²) in [6.07, 6.45) is 2.34. The van der Waals surface area contributed by atoms with Gasteiger partial charge in [-0.15, -0.1) is 11.3 Å². The third-order valence-electron chi connectivity index (χ3n) is 2.65. The summed E-state index contributed by atoms with van der Waals surface area (Å²) >= 11 is 1.53. The van der Waals surface area contributed by atoms with E-state index >= 15 is 0 Å². The van der Waals surface area contributed by atoms with E-state index in [4.69, 9.17) is 0 Å². The first-order chi connectivity index (χ1) is 7.26. The molecule has 0 unspecified atom stereocenters. The van der Waals surface area contributed by atoms with Crippen LogP contribution in [0.25, 0.3) is 0 Å². The van der Waals surface area contributed by atoms with Crippen LogP contribution >= 0.6 is 11.3 Å². The number of hydrogen-bond acceptors (Lipinski definition) is 3. The number of anilines is 1. The van der Waals surface area contributed by atoms with Gasteiger partial charge >= 0.3 is 0 Å². The van der Waals surface area contributed by atoms with E-state index in [0.29, 0.717) is 6.04 Å². The highest BCUT2D eigenvalue weighted by Gasteiger charge is 2.32. The molecule has 3 nitrogen and oxygen atoms in total. The Morgan fingerprint density at radius 1 is 1.60 bits per heavy atom. The van der Waals surface area contributed by atoms with Crippen molar-refractivity contribution in [3.8, 4) is 0 Å². The van der Waals surface area contributed by atoms with Crippen molar-refractivity contribution in [1.29, 1.82) is 0 Å². The summed E-state index contributed by atoms with van der Waals surface area (Å²) in [5.41, 5.74) is 0. The molecule has 1 aliphatic rings. The minimum Gasteiger partial charge on any atom is -0.380 e. The number of amides is 1. The molecular weight excluding hydrogens is 208 g/mol. The number of nitrogens with zero attached hydrogens (tertiary/aromatic N) is 1. The summed E-state index contributed by atoms with van der Waals surface area (Å²) in [7, 11) is 1.87. The summed E-state index contributed by atoms with van der Waals surface area (Å²) in [4.78, 5) is 14.9. The van der Waals surface area contributed by atoms with E-state index in [1.54, 1.807) is 0 Å². The minimum absolute atomic E-state index is 0.187. The van der Waals surface area contributed by atoms with Crippen molar-refractivity contribution < 1.29 is 4.79 Å². The molecular formula is C11H16N2OS. The van der Waals surface area contributed by atoms with E-state index < -0.39 is 0 Å². The number of hydrogen-bond donors (Lipinski definition) is 1. The van der Waals surface area contributed by atoms with Crippen molar-refractivity contribution in [2.45, 2.75) is 25.8 Å². The third kappa shape index (κ3) is 2.15. The Labute approximate surface area is 94.1 Å². The van der Waals surface area contributed by atoms with E-state index in [2.05, 4.69) is 5.32 Å². The zero-order valence-electron chi connectivity index (χ0n) is 9.12. The molecule has 4 heteroatoms. The maximum atomic E-state index is 12.1. The van der Waals surface area contributed by atoms with Gasteiger partial charge in [-0.25, -0.2) is 0 Å². The summed E-state index contributed by atoms with van der Waals surface area (Å²) in [6, 6.07) is 4.37. The van der Waals surface area contributed by atoms with Crippen LogP contribution in [0.3, 0.4) is 0 Å². The van der Waals surface area contributed by atoms with Crippen LogP contribution < -0.4 is 5.32 Å². The Bertz CT molecular complexity index is 357. The van der Waals surface area contributed by atoms with Crippen molar-refractivity contribution >= 4 is 22.2 Å². The van der Waals surface area contributed by atoms with Crippen molar-refractivity contribution in [2.75, 3.05) is 18.9 Å². The van der Waals surface area contributed by atoms with Gasteiger partial charge in [-0.3, -0.25) is 4.79 Å². The standard InChI is InChI=1S/C11H16N2OS/c1-3-13(8-4-5-8)11(14)9-6-7-10(12-2)15-9/h6-8,12H,3-5H2,1-2H3. The summed E-state index contributed by atoms with van der Waals surface area (Å²) in [6.45, 7) is 2.86. The molecule has 1 aromatic rings. The highest BCUT2D eigenvalue weighted by atomic mass is 32.1. The van der Waals surface area contributed by atoms with Crippen LogP contribution in [0, 0.1) is 0 Å². The van der Waals surface area contributed by atoms with Gasteiger partial charge in [-0.05, 0) is 31.9 Å². The highest BCUT2D eigenvalue weighted by Crippen LogP contribution is 2.30. The molecule has 0 aliphatic heterocycles. The first-order valence-electron chi connectivity index (χ1n) is 5.34. The summed E-state index contributed by atoms with van der Waals surface area (Å²) in [5.74, 6) is 0.187. The molecule has 15 heavy (non-hydrogen) atoms. The Morgan fingerprint density at radius 3 is 2.80 bits per heavy atom. The minimum atomic E-state index is 0.187. The van der Waals surface area contributed by atoms with Gasteiger partial charge in [-0.2, -0.15) is 0 Å². The van der Waals surface area contributed by atoms with Crippen LogP contribution in [-0.4, -0.2) is 30.4 Å². The monoisotopic (exact) mass is 224 g/mol. The lowest BCUT2D eigenvalue weighted by Gasteiger charge is -2.19. The van der Waals surface area contributed by atoms with Crippen LogP contribution in [0.15, 0.2) is 12.1 Å². The Kier molecular flexibility index (Phi) is 2.95. The van der Waals surface area contributed by atoms with Crippen LogP contribution in [-0.2, 0) is 0 Å². The van der Waals surface area contributed by atoms with Crippen LogP contribution in [0.5, 0.6) is 0 Å². The van der Waals surface area contributed by atoms with Gasteiger partial charge < -0.3 is 10.2 Å². The Balaban J connectivity index is 2.11. The second-order valence-electron chi connectivity index (χ2n) is 3.74. The molecule has 1 aromatic heterocycles. The smallest absolute Gasteiger partial charge is 0.264 e. The average molecular weight is 224 g/mol. The maximum Gasteiger partial charge on any atom is 0.264 e. The topological polar surface area (TPSA) is 32.3 Å². The molecule has 0 spiro atoms. The van der Waals surface area contributed by atoms with Crippen molar-refractivity contribution in [3.63, 3.8) is 0 Å². The molecule has 0 bridgehead atoms. The van der Waals surface area contributed by atoms with E-state index in [1.807, 2.05) is 31.0 Å². The fraction of sp³-hybridized carbons (Fsp3) is 0.545.